The van der Waals surface area contributed by atoms with Gasteiger partial charge < -0.3 is 4.90 Å². The molecule has 0 amide bonds. The fraction of sp³-hybridized carbons (Fsp3) is 0. The molecule has 0 unspecified atom stereocenters. The lowest BCUT2D eigenvalue weighted by molar-refractivity contribution is 1.28. The average Bonchev–Trinajstić information content (AvgIpc) is 3.19. The number of anilines is 3. The van der Waals surface area contributed by atoms with Gasteiger partial charge in [0.1, 0.15) is 0 Å². The van der Waals surface area contributed by atoms with Gasteiger partial charge in [0, 0.05) is 33.4 Å². The third-order valence-electron chi connectivity index (χ3n) is 9.29. The zero-order chi connectivity index (χ0) is 32.6. The minimum Gasteiger partial charge on any atom is -0.311 e. The Morgan fingerprint density at radius 1 is 0.327 bits per heavy atom. The molecule has 0 radical (unpaired) electrons. The Hall–Kier alpha value is -6.58. The lowest BCUT2D eigenvalue weighted by Crippen LogP contribution is -2.09. The molecule has 0 atom stereocenters. The second-order valence-corrected chi connectivity index (χ2v) is 12.3. The molecular formula is C46H31N3. The molecule has 0 fully saturated rings. The summed E-state index contributed by atoms with van der Waals surface area (Å²) in [5.74, 6) is 0. The zero-order valence-corrected chi connectivity index (χ0v) is 26.7. The Balaban J connectivity index is 1.07. The fourth-order valence-electron chi connectivity index (χ4n) is 6.88. The Bertz CT molecular complexity index is 2540. The number of hydrogen-bond acceptors (Lipinski definition) is 3. The molecule has 3 heteroatoms. The number of nitrogens with zero attached hydrogens (tertiary/aromatic N) is 3. The molecule has 0 N–H and O–H groups in total. The second-order valence-electron chi connectivity index (χ2n) is 12.3. The molecule has 8 aromatic carbocycles. The summed E-state index contributed by atoms with van der Waals surface area (Å²) >= 11 is 0. The molecule has 0 aliphatic heterocycles. The normalized spacial score (nSPS) is 11.3. The summed E-state index contributed by atoms with van der Waals surface area (Å²) in [6.45, 7) is 0. The van der Waals surface area contributed by atoms with E-state index in [0.29, 0.717) is 0 Å². The smallest absolute Gasteiger partial charge is 0.0979 e. The lowest BCUT2D eigenvalue weighted by Gasteiger charge is -2.26. The van der Waals surface area contributed by atoms with Crippen molar-refractivity contribution in [1.29, 1.82) is 0 Å². The molecule has 0 saturated heterocycles. The molecule has 0 bridgehead atoms. The van der Waals surface area contributed by atoms with E-state index in [4.69, 9.17) is 9.97 Å². The fourth-order valence-corrected chi connectivity index (χ4v) is 6.88. The SMILES string of the molecule is c1ccc(-c2ccc(N(c3ccccc3)c3ccc(-c4cccc(-c5cnc6c7ccccc7c7ccccc7c6n5)c4)cc3)cc2)cc1. The van der Waals surface area contributed by atoms with Gasteiger partial charge in [0.15, 0.2) is 0 Å². The predicted octanol–water partition coefficient (Wildman–Crippen LogP) is 12.4. The number of fused-ring (bicyclic) bond motifs is 6. The van der Waals surface area contributed by atoms with E-state index in [-0.39, 0.29) is 0 Å². The van der Waals surface area contributed by atoms with Crippen molar-refractivity contribution in [2.45, 2.75) is 0 Å². The molecule has 9 aromatic rings. The second kappa shape index (κ2) is 12.2. The Kier molecular flexibility index (Phi) is 7.14. The maximum absolute atomic E-state index is 5.22. The summed E-state index contributed by atoms with van der Waals surface area (Å²) in [4.78, 5) is 12.5. The summed E-state index contributed by atoms with van der Waals surface area (Å²) in [5, 5.41) is 4.64. The van der Waals surface area contributed by atoms with Crippen LogP contribution in [0.25, 0.3) is 66.1 Å². The number of hydrogen-bond donors (Lipinski definition) is 0. The molecule has 0 spiro atoms. The van der Waals surface area contributed by atoms with E-state index < -0.39 is 0 Å². The van der Waals surface area contributed by atoms with Gasteiger partial charge in [-0.1, -0.05) is 140 Å². The Morgan fingerprint density at radius 2 is 0.776 bits per heavy atom. The van der Waals surface area contributed by atoms with Gasteiger partial charge in [-0.05, 0) is 75.5 Å². The van der Waals surface area contributed by atoms with Crippen LogP contribution in [-0.4, -0.2) is 9.97 Å². The van der Waals surface area contributed by atoms with Crippen LogP contribution in [0.2, 0.25) is 0 Å². The average molecular weight is 626 g/mol. The van der Waals surface area contributed by atoms with E-state index in [1.165, 1.54) is 21.9 Å². The van der Waals surface area contributed by atoms with E-state index in [1.54, 1.807) is 0 Å². The van der Waals surface area contributed by atoms with Crippen molar-refractivity contribution < 1.29 is 0 Å². The minimum absolute atomic E-state index is 0.862. The Morgan fingerprint density at radius 3 is 1.41 bits per heavy atom. The number of rotatable bonds is 6. The topological polar surface area (TPSA) is 29.0 Å². The van der Waals surface area contributed by atoms with Gasteiger partial charge in [-0.2, -0.15) is 0 Å². The molecule has 3 nitrogen and oxygen atoms in total. The van der Waals surface area contributed by atoms with Crippen LogP contribution in [-0.2, 0) is 0 Å². The molecule has 1 heterocycles. The van der Waals surface area contributed by atoms with E-state index in [0.717, 1.165) is 61.3 Å². The van der Waals surface area contributed by atoms with Gasteiger partial charge in [0.05, 0.1) is 22.9 Å². The first kappa shape index (κ1) is 28.6. The van der Waals surface area contributed by atoms with Crippen molar-refractivity contribution in [1.82, 2.24) is 9.97 Å². The largest absolute Gasteiger partial charge is 0.311 e. The monoisotopic (exact) mass is 625 g/mol. The summed E-state index contributed by atoms with van der Waals surface area (Å²) in [6.07, 6.45) is 1.91. The molecular weight excluding hydrogens is 595 g/mol. The standard InChI is InChI=1S/C46H31N3/c1-3-12-32(13-4-1)33-22-26-38(27-23-33)49(37-16-5-2-6-17-37)39-28-24-34(25-29-39)35-14-11-15-36(30-35)44-31-47-45-42-20-9-7-18-40(42)41-19-8-10-21-43(41)46(45)48-44/h1-31H. The summed E-state index contributed by atoms with van der Waals surface area (Å²) in [6, 6.07) is 64.2. The molecule has 49 heavy (non-hydrogen) atoms. The molecule has 0 aliphatic carbocycles. The maximum atomic E-state index is 5.22. The summed E-state index contributed by atoms with van der Waals surface area (Å²) in [7, 11) is 0. The maximum Gasteiger partial charge on any atom is 0.0979 e. The molecule has 230 valence electrons. The van der Waals surface area contributed by atoms with E-state index in [9.17, 15) is 0 Å². The first-order valence-electron chi connectivity index (χ1n) is 16.6. The van der Waals surface area contributed by atoms with Crippen molar-refractivity contribution in [3.8, 4) is 33.5 Å². The van der Waals surface area contributed by atoms with Gasteiger partial charge >= 0.3 is 0 Å². The van der Waals surface area contributed by atoms with Crippen LogP contribution in [0.3, 0.4) is 0 Å². The quantitative estimate of drug-likeness (QED) is 0.172. The Labute approximate surface area is 285 Å². The predicted molar refractivity (Wildman–Crippen MR) is 206 cm³/mol. The van der Waals surface area contributed by atoms with Crippen molar-refractivity contribution in [3.05, 3.63) is 188 Å². The van der Waals surface area contributed by atoms with Crippen LogP contribution in [0.4, 0.5) is 17.1 Å². The number of para-hydroxylation sites is 1. The first-order valence-corrected chi connectivity index (χ1v) is 16.6. The highest BCUT2D eigenvalue weighted by molar-refractivity contribution is 6.23. The van der Waals surface area contributed by atoms with Crippen molar-refractivity contribution >= 4 is 49.6 Å². The first-order chi connectivity index (χ1) is 24.3. The molecule has 0 saturated carbocycles. The molecule has 0 aliphatic rings. The summed E-state index contributed by atoms with van der Waals surface area (Å²) in [5.41, 5.74) is 11.8. The van der Waals surface area contributed by atoms with Gasteiger partial charge in [0.2, 0.25) is 0 Å². The van der Waals surface area contributed by atoms with Gasteiger partial charge in [-0.15, -0.1) is 0 Å². The van der Waals surface area contributed by atoms with Crippen molar-refractivity contribution in [2.24, 2.45) is 0 Å². The minimum atomic E-state index is 0.862. The van der Waals surface area contributed by atoms with Crippen LogP contribution >= 0.6 is 0 Å². The zero-order valence-electron chi connectivity index (χ0n) is 26.7. The highest BCUT2D eigenvalue weighted by Crippen LogP contribution is 2.38. The van der Waals surface area contributed by atoms with Crippen LogP contribution in [0.15, 0.2) is 188 Å². The highest BCUT2D eigenvalue weighted by atomic mass is 15.1. The third kappa shape index (κ3) is 5.28. The van der Waals surface area contributed by atoms with Crippen LogP contribution in [0.1, 0.15) is 0 Å². The number of benzene rings is 8. The van der Waals surface area contributed by atoms with Gasteiger partial charge in [-0.25, -0.2) is 4.98 Å². The lowest BCUT2D eigenvalue weighted by atomic mass is 9.99. The summed E-state index contributed by atoms with van der Waals surface area (Å²) < 4.78 is 0. The van der Waals surface area contributed by atoms with Crippen LogP contribution in [0, 0.1) is 0 Å². The molecule has 1 aromatic heterocycles. The van der Waals surface area contributed by atoms with Gasteiger partial charge in [-0.3, -0.25) is 4.98 Å². The molecule has 9 rings (SSSR count). The van der Waals surface area contributed by atoms with Crippen LogP contribution in [0.5, 0.6) is 0 Å². The number of aromatic nitrogens is 2. The van der Waals surface area contributed by atoms with Crippen molar-refractivity contribution in [3.63, 3.8) is 0 Å². The van der Waals surface area contributed by atoms with Crippen LogP contribution < -0.4 is 4.90 Å². The van der Waals surface area contributed by atoms with Gasteiger partial charge in [0.25, 0.3) is 0 Å². The van der Waals surface area contributed by atoms with Crippen molar-refractivity contribution in [2.75, 3.05) is 4.90 Å². The third-order valence-corrected chi connectivity index (χ3v) is 9.29. The highest BCUT2D eigenvalue weighted by Gasteiger charge is 2.15. The van der Waals surface area contributed by atoms with E-state index in [2.05, 4.69) is 187 Å². The van der Waals surface area contributed by atoms with E-state index >= 15 is 0 Å². The van der Waals surface area contributed by atoms with E-state index in [1.807, 2.05) is 6.20 Å².